The molecular formula is C9H12N2O2S. The number of fused-ring (bicyclic) bond motifs is 1. The number of benzene rings is 1. The number of sulfonamides is 1. The molecule has 2 N–H and O–H groups in total. The maximum absolute atomic E-state index is 11.6. The Morgan fingerprint density at radius 3 is 2.93 bits per heavy atom. The summed E-state index contributed by atoms with van der Waals surface area (Å²) in [6.45, 7) is 2.26. The molecule has 4 nitrogen and oxygen atoms in total. The highest BCUT2D eigenvalue weighted by atomic mass is 32.2. The van der Waals surface area contributed by atoms with Gasteiger partial charge in [0, 0.05) is 0 Å². The van der Waals surface area contributed by atoms with Crippen molar-refractivity contribution in [2.75, 3.05) is 12.0 Å². The molecule has 5 heteroatoms. The van der Waals surface area contributed by atoms with E-state index in [0.29, 0.717) is 10.6 Å². The minimum absolute atomic E-state index is 0.265. The molecule has 0 amide bonds. The van der Waals surface area contributed by atoms with Gasteiger partial charge in [-0.3, -0.25) is 0 Å². The lowest BCUT2D eigenvalue weighted by Crippen LogP contribution is -2.34. The number of aryl methyl sites for hydroxylation is 1. The highest BCUT2D eigenvalue weighted by molar-refractivity contribution is 7.89. The average molecular weight is 212 g/mol. The second-order valence-corrected chi connectivity index (χ2v) is 4.92. The van der Waals surface area contributed by atoms with Crippen LogP contribution >= 0.6 is 0 Å². The van der Waals surface area contributed by atoms with Gasteiger partial charge in [0.1, 0.15) is 4.90 Å². The summed E-state index contributed by atoms with van der Waals surface area (Å²) < 4.78 is 25.6. The summed E-state index contributed by atoms with van der Waals surface area (Å²) in [4.78, 5) is 0.350. The number of hydrogen-bond donors (Lipinski definition) is 2. The summed E-state index contributed by atoms with van der Waals surface area (Å²) in [5, 5.41) is 2.98. The highest BCUT2D eigenvalue weighted by Crippen LogP contribution is 2.25. The number of hydrogen-bond acceptors (Lipinski definition) is 3. The maximum Gasteiger partial charge on any atom is 0.244 e. The van der Waals surface area contributed by atoms with Crippen molar-refractivity contribution >= 4 is 15.7 Å². The van der Waals surface area contributed by atoms with E-state index in [0.717, 1.165) is 12.0 Å². The van der Waals surface area contributed by atoms with Crippen LogP contribution in [-0.4, -0.2) is 15.1 Å². The van der Waals surface area contributed by atoms with Crippen molar-refractivity contribution in [3.8, 4) is 0 Å². The zero-order valence-corrected chi connectivity index (χ0v) is 8.69. The minimum atomic E-state index is -3.29. The van der Waals surface area contributed by atoms with Crippen LogP contribution < -0.4 is 10.0 Å². The Hall–Kier alpha value is -1.07. The molecule has 0 radical (unpaired) electrons. The Morgan fingerprint density at radius 2 is 2.21 bits per heavy atom. The summed E-state index contributed by atoms with van der Waals surface area (Å²) in [5.41, 5.74) is 1.71. The van der Waals surface area contributed by atoms with Crippen molar-refractivity contribution in [3.05, 3.63) is 23.8 Å². The molecule has 0 bridgehead atoms. The first kappa shape index (κ1) is 9.48. The molecule has 2 rings (SSSR count). The maximum atomic E-state index is 11.6. The van der Waals surface area contributed by atoms with E-state index in [9.17, 15) is 8.42 Å². The Morgan fingerprint density at radius 1 is 1.43 bits per heavy atom. The van der Waals surface area contributed by atoms with Gasteiger partial charge in [-0.1, -0.05) is 13.0 Å². The van der Waals surface area contributed by atoms with E-state index in [2.05, 4.69) is 10.0 Å². The van der Waals surface area contributed by atoms with Gasteiger partial charge in [0.2, 0.25) is 10.0 Å². The van der Waals surface area contributed by atoms with Crippen LogP contribution in [0.25, 0.3) is 0 Å². The summed E-state index contributed by atoms with van der Waals surface area (Å²) in [5.74, 6) is 0. The SMILES string of the molecule is CCc1ccc2c(c1)S(=O)(=O)NCN2. The fraction of sp³-hybridized carbons (Fsp3) is 0.333. The van der Waals surface area contributed by atoms with Crippen molar-refractivity contribution < 1.29 is 8.42 Å². The molecule has 0 aromatic heterocycles. The van der Waals surface area contributed by atoms with Crippen molar-refractivity contribution in [2.24, 2.45) is 0 Å². The van der Waals surface area contributed by atoms with E-state index in [1.54, 1.807) is 6.07 Å². The molecule has 1 heterocycles. The zero-order chi connectivity index (χ0) is 10.2. The molecule has 1 aliphatic heterocycles. The first-order valence-electron chi connectivity index (χ1n) is 4.50. The lowest BCUT2D eigenvalue weighted by Gasteiger charge is -2.19. The molecule has 0 saturated carbocycles. The fourth-order valence-corrected chi connectivity index (χ4v) is 2.61. The highest BCUT2D eigenvalue weighted by Gasteiger charge is 2.22. The van der Waals surface area contributed by atoms with Gasteiger partial charge < -0.3 is 5.32 Å². The van der Waals surface area contributed by atoms with Crippen molar-refractivity contribution in [3.63, 3.8) is 0 Å². The van der Waals surface area contributed by atoms with Gasteiger partial charge in [-0.05, 0) is 24.1 Å². The van der Waals surface area contributed by atoms with E-state index in [1.807, 2.05) is 19.1 Å². The molecule has 0 atom stereocenters. The molecule has 0 spiro atoms. The number of nitrogens with one attached hydrogen (secondary N) is 2. The summed E-state index contributed by atoms with van der Waals surface area (Å²) >= 11 is 0. The van der Waals surface area contributed by atoms with E-state index in [1.165, 1.54) is 0 Å². The summed E-state index contributed by atoms with van der Waals surface area (Å²) in [6, 6.07) is 5.46. The zero-order valence-electron chi connectivity index (χ0n) is 7.87. The largest absolute Gasteiger partial charge is 0.370 e. The first-order chi connectivity index (χ1) is 6.63. The Kier molecular flexibility index (Phi) is 2.20. The monoisotopic (exact) mass is 212 g/mol. The van der Waals surface area contributed by atoms with Crippen LogP contribution in [0.15, 0.2) is 23.1 Å². The molecule has 0 fully saturated rings. The Labute approximate surface area is 83.4 Å². The molecule has 0 saturated heterocycles. The molecule has 14 heavy (non-hydrogen) atoms. The third kappa shape index (κ3) is 1.49. The topological polar surface area (TPSA) is 58.2 Å². The third-order valence-corrected chi connectivity index (χ3v) is 3.73. The van der Waals surface area contributed by atoms with E-state index >= 15 is 0 Å². The van der Waals surface area contributed by atoms with Gasteiger partial charge in [0.05, 0.1) is 12.4 Å². The standard InChI is InChI=1S/C9H12N2O2S/c1-2-7-3-4-8-9(5-7)14(12,13)11-6-10-8/h3-5,10-11H,2,6H2,1H3. The quantitative estimate of drug-likeness (QED) is 0.727. The number of rotatable bonds is 1. The van der Waals surface area contributed by atoms with Crippen LogP contribution in [0.4, 0.5) is 5.69 Å². The van der Waals surface area contributed by atoms with Crippen molar-refractivity contribution in [1.29, 1.82) is 0 Å². The molecular weight excluding hydrogens is 200 g/mol. The number of anilines is 1. The van der Waals surface area contributed by atoms with Crippen LogP contribution in [-0.2, 0) is 16.4 Å². The molecule has 1 aromatic carbocycles. The second-order valence-electron chi connectivity index (χ2n) is 3.19. The van der Waals surface area contributed by atoms with Crippen molar-refractivity contribution in [1.82, 2.24) is 4.72 Å². The van der Waals surface area contributed by atoms with Crippen LogP contribution in [0.2, 0.25) is 0 Å². The predicted octanol–water partition coefficient (Wildman–Crippen LogP) is 0.910. The van der Waals surface area contributed by atoms with Crippen LogP contribution in [0, 0.1) is 0 Å². The molecule has 1 aliphatic rings. The molecule has 76 valence electrons. The molecule has 1 aromatic rings. The minimum Gasteiger partial charge on any atom is -0.370 e. The third-order valence-electron chi connectivity index (χ3n) is 2.28. The Bertz CT molecular complexity index is 454. The van der Waals surface area contributed by atoms with E-state index in [-0.39, 0.29) is 6.67 Å². The van der Waals surface area contributed by atoms with E-state index in [4.69, 9.17) is 0 Å². The van der Waals surface area contributed by atoms with Gasteiger partial charge in [0.15, 0.2) is 0 Å². The lowest BCUT2D eigenvalue weighted by atomic mass is 10.1. The normalized spacial score (nSPS) is 18.4. The van der Waals surface area contributed by atoms with Gasteiger partial charge in [-0.2, -0.15) is 4.72 Å². The van der Waals surface area contributed by atoms with Gasteiger partial charge >= 0.3 is 0 Å². The van der Waals surface area contributed by atoms with Gasteiger partial charge in [-0.25, -0.2) is 8.42 Å². The average Bonchev–Trinajstić information content (AvgIpc) is 2.17. The van der Waals surface area contributed by atoms with Crippen LogP contribution in [0.1, 0.15) is 12.5 Å². The smallest absolute Gasteiger partial charge is 0.244 e. The van der Waals surface area contributed by atoms with E-state index < -0.39 is 10.0 Å². The van der Waals surface area contributed by atoms with Gasteiger partial charge in [-0.15, -0.1) is 0 Å². The predicted molar refractivity (Wildman–Crippen MR) is 54.6 cm³/mol. The van der Waals surface area contributed by atoms with Crippen LogP contribution in [0.3, 0.4) is 0 Å². The fourth-order valence-electron chi connectivity index (χ4n) is 1.46. The van der Waals surface area contributed by atoms with Crippen LogP contribution in [0.5, 0.6) is 0 Å². The lowest BCUT2D eigenvalue weighted by molar-refractivity contribution is 0.581. The van der Waals surface area contributed by atoms with Gasteiger partial charge in [0.25, 0.3) is 0 Å². The summed E-state index contributed by atoms with van der Waals surface area (Å²) in [7, 11) is -3.29. The summed E-state index contributed by atoms with van der Waals surface area (Å²) in [6.07, 6.45) is 0.836. The molecule has 0 unspecified atom stereocenters. The van der Waals surface area contributed by atoms with Crippen molar-refractivity contribution in [2.45, 2.75) is 18.2 Å². The molecule has 0 aliphatic carbocycles. The first-order valence-corrected chi connectivity index (χ1v) is 5.98. The second kappa shape index (κ2) is 3.25. The Balaban J connectivity index is 2.61.